The van der Waals surface area contributed by atoms with Crippen LogP contribution < -0.4 is 5.73 Å². The highest BCUT2D eigenvalue weighted by Crippen LogP contribution is 2.20. The Balaban J connectivity index is 2.27. The smallest absolute Gasteiger partial charge is 0.158 e. The molecule has 0 saturated heterocycles. The standard InChI is InChI=1S/C11H10N4O/c1-7-5-10(12)15-11(13-7)6-8(14-15)9-3-2-4-16-9/h2-6H,12H2,1H3. The molecule has 0 atom stereocenters. The molecule has 0 saturated carbocycles. The summed E-state index contributed by atoms with van der Waals surface area (Å²) in [6, 6.07) is 7.31. The molecule has 5 nitrogen and oxygen atoms in total. The van der Waals surface area contributed by atoms with Gasteiger partial charge in [0.2, 0.25) is 0 Å². The molecule has 80 valence electrons. The second-order valence-corrected chi connectivity index (χ2v) is 3.60. The molecule has 0 unspecified atom stereocenters. The van der Waals surface area contributed by atoms with E-state index in [9.17, 15) is 0 Å². The number of aromatic nitrogens is 3. The molecule has 3 aromatic heterocycles. The molecule has 0 aliphatic rings. The molecule has 0 aliphatic heterocycles. The van der Waals surface area contributed by atoms with Gasteiger partial charge in [0.25, 0.3) is 0 Å². The third kappa shape index (κ3) is 1.25. The number of hydrogen-bond acceptors (Lipinski definition) is 4. The minimum Gasteiger partial charge on any atom is -0.463 e. The van der Waals surface area contributed by atoms with E-state index in [0.717, 1.165) is 17.0 Å². The van der Waals surface area contributed by atoms with Crippen LogP contribution in [0.2, 0.25) is 0 Å². The molecular weight excluding hydrogens is 204 g/mol. The van der Waals surface area contributed by atoms with Crippen molar-refractivity contribution in [2.24, 2.45) is 0 Å². The lowest BCUT2D eigenvalue weighted by atomic mass is 10.3. The third-order valence-electron chi connectivity index (χ3n) is 2.36. The van der Waals surface area contributed by atoms with Gasteiger partial charge in [-0.1, -0.05) is 0 Å². The van der Waals surface area contributed by atoms with E-state index < -0.39 is 0 Å². The number of rotatable bonds is 1. The minimum atomic E-state index is 0.570. The van der Waals surface area contributed by atoms with Gasteiger partial charge in [0.1, 0.15) is 11.5 Å². The van der Waals surface area contributed by atoms with Crippen molar-refractivity contribution in [2.75, 3.05) is 5.73 Å². The summed E-state index contributed by atoms with van der Waals surface area (Å²) < 4.78 is 6.88. The molecular formula is C11H10N4O. The molecule has 2 N–H and O–H groups in total. The van der Waals surface area contributed by atoms with Gasteiger partial charge >= 0.3 is 0 Å². The zero-order valence-electron chi connectivity index (χ0n) is 8.71. The van der Waals surface area contributed by atoms with Gasteiger partial charge in [0, 0.05) is 17.8 Å². The predicted octanol–water partition coefficient (Wildman–Crippen LogP) is 1.88. The van der Waals surface area contributed by atoms with E-state index in [1.165, 1.54) is 0 Å². The van der Waals surface area contributed by atoms with Gasteiger partial charge in [-0.05, 0) is 19.1 Å². The summed E-state index contributed by atoms with van der Waals surface area (Å²) in [5.41, 5.74) is 8.18. The Morgan fingerprint density at radius 2 is 2.25 bits per heavy atom. The Hall–Kier alpha value is -2.30. The van der Waals surface area contributed by atoms with Gasteiger partial charge in [-0.15, -0.1) is 0 Å². The Morgan fingerprint density at radius 3 is 3.00 bits per heavy atom. The number of aryl methyl sites for hydroxylation is 1. The maximum Gasteiger partial charge on any atom is 0.158 e. The molecule has 3 rings (SSSR count). The first-order valence-electron chi connectivity index (χ1n) is 4.91. The second-order valence-electron chi connectivity index (χ2n) is 3.60. The fourth-order valence-electron chi connectivity index (χ4n) is 1.67. The summed E-state index contributed by atoms with van der Waals surface area (Å²) in [7, 11) is 0. The second kappa shape index (κ2) is 3.10. The largest absolute Gasteiger partial charge is 0.463 e. The highest BCUT2D eigenvalue weighted by Gasteiger charge is 2.09. The van der Waals surface area contributed by atoms with Crippen LogP contribution in [0.4, 0.5) is 5.82 Å². The lowest BCUT2D eigenvalue weighted by Crippen LogP contribution is -2.00. The fourth-order valence-corrected chi connectivity index (χ4v) is 1.67. The summed E-state index contributed by atoms with van der Waals surface area (Å²) in [5, 5.41) is 4.33. The summed E-state index contributed by atoms with van der Waals surface area (Å²) in [4.78, 5) is 4.35. The molecule has 0 aliphatic carbocycles. The number of furan rings is 1. The quantitative estimate of drug-likeness (QED) is 0.671. The number of hydrogen-bond donors (Lipinski definition) is 1. The molecule has 3 heterocycles. The fraction of sp³-hybridized carbons (Fsp3) is 0.0909. The molecule has 0 fully saturated rings. The van der Waals surface area contributed by atoms with Crippen LogP contribution in [0, 0.1) is 6.92 Å². The van der Waals surface area contributed by atoms with Crippen LogP contribution in [0.15, 0.2) is 34.9 Å². The first-order chi connectivity index (χ1) is 7.74. The van der Waals surface area contributed by atoms with Crippen molar-refractivity contribution in [3.8, 4) is 11.5 Å². The topological polar surface area (TPSA) is 69.3 Å². The van der Waals surface area contributed by atoms with E-state index in [1.807, 2.05) is 25.1 Å². The highest BCUT2D eigenvalue weighted by molar-refractivity contribution is 5.61. The van der Waals surface area contributed by atoms with Crippen molar-refractivity contribution in [2.45, 2.75) is 6.92 Å². The maximum atomic E-state index is 5.85. The third-order valence-corrected chi connectivity index (χ3v) is 2.36. The van der Waals surface area contributed by atoms with Crippen LogP contribution >= 0.6 is 0 Å². The van der Waals surface area contributed by atoms with Crippen molar-refractivity contribution in [3.63, 3.8) is 0 Å². The van der Waals surface area contributed by atoms with E-state index in [1.54, 1.807) is 16.8 Å². The van der Waals surface area contributed by atoms with E-state index >= 15 is 0 Å². The van der Waals surface area contributed by atoms with E-state index in [4.69, 9.17) is 10.2 Å². The van der Waals surface area contributed by atoms with Crippen LogP contribution in [-0.4, -0.2) is 14.6 Å². The first-order valence-corrected chi connectivity index (χ1v) is 4.91. The van der Waals surface area contributed by atoms with Crippen LogP contribution in [0.5, 0.6) is 0 Å². The van der Waals surface area contributed by atoms with E-state index in [-0.39, 0.29) is 0 Å². The molecule has 5 heteroatoms. The van der Waals surface area contributed by atoms with Crippen molar-refractivity contribution in [1.82, 2.24) is 14.6 Å². The van der Waals surface area contributed by atoms with Crippen molar-refractivity contribution in [3.05, 3.63) is 36.2 Å². The van der Waals surface area contributed by atoms with Crippen LogP contribution in [0.1, 0.15) is 5.69 Å². The Morgan fingerprint density at radius 1 is 1.38 bits per heavy atom. The Labute approximate surface area is 91.5 Å². The van der Waals surface area contributed by atoms with Crippen LogP contribution in [0.3, 0.4) is 0 Å². The summed E-state index contributed by atoms with van der Waals surface area (Å²) in [6.45, 7) is 1.90. The molecule has 0 spiro atoms. The maximum absolute atomic E-state index is 5.85. The summed E-state index contributed by atoms with van der Waals surface area (Å²) in [6.07, 6.45) is 1.61. The summed E-state index contributed by atoms with van der Waals surface area (Å²) >= 11 is 0. The molecule has 0 amide bonds. The van der Waals surface area contributed by atoms with Crippen molar-refractivity contribution in [1.29, 1.82) is 0 Å². The molecule has 0 aromatic carbocycles. The zero-order chi connectivity index (χ0) is 11.1. The van der Waals surface area contributed by atoms with Gasteiger partial charge in [-0.3, -0.25) is 0 Å². The number of fused-ring (bicyclic) bond motifs is 1. The van der Waals surface area contributed by atoms with Gasteiger partial charge < -0.3 is 10.2 Å². The summed E-state index contributed by atoms with van der Waals surface area (Å²) in [5.74, 6) is 1.28. The SMILES string of the molecule is Cc1cc(N)n2nc(-c3ccco3)cc2n1. The number of nitrogen functional groups attached to an aromatic ring is 1. The van der Waals surface area contributed by atoms with Crippen molar-refractivity contribution >= 4 is 11.5 Å². The number of anilines is 1. The van der Waals surface area contributed by atoms with E-state index in [2.05, 4.69) is 10.1 Å². The molecule has 0 bridgehead atoms. The Kier molecular flexibility index (Phi) is 1.73. The van der Waals surface area contributed by atoms with Gasteiger partial charge in [0.05, 0.1) is 6.26 Å². The molecule has 3 aromatic rings. The van der Waals surface area contributed by atoms with Gasteiger partial charge in [0.15, 0.2) is 11.4 Å². The number of nitrogens with two attached hydrogens (primary N) is 1. The number of nitrogens with zero attached hydrogens (tertiary/aromatic N) is 3. The Bertz CT molecular complexity index is 639. The lowest BCUT2D eigenvalue weighted by Gasteiger charge is -1.98. The van der Waals surface area contributed by atoms with Crippen LogP contribution in [-0.2, 0) is 0 Å². The van der Waals surface area contributed by atoms with Crippen LogP contribution in [0.25, 0.3) is 17.1 Å². The monoisotopic (exact) mass is 214 g/mol. The predicted molar refractivity (Wildman–Crippen MR) is 59.8 cm³/mol. The van der Waals surface area contributed by atoms with E-state index in [0.29, 0.717) is 11.6 Å². The highest BCUT2D eigenvalue weighted by atomic mass is 16.3. The minimum absolute atomic E-state index is 0.570. The average molecular weight is 214 g/mol. The average Bonchev–Trinajstić information content (AvgIpc) is 2.82. The lowest BCUT2D eigenvalue weighted by molar-refractivity contribution is 0.579. The molecule has 16 heavy (non-hydrogen) atoms. The first kappa shape index (κ1) is 8.96. The normalized spacial score (nSPS) is 11.1. The van der Waals surface area contributed by atoms with Crippen molar-refractivity contribution < 1.29 is 4.42 Å². The zero-order valence-corrected chi connectivity index (χ0v) is 8.71. The molecule has 0 radical (unpaired) electrons. The van der Waals surface area contributed by atoms with Gasteiger partial charge in [-0.25, -0.2) is 4.98 Å². The van der Waals surface area contributed by atoms with Gasteiger partial charge in [-0.2, -0.15) is 9.61 Å².